The van der Waals surface area contributed by atoms with Gasteiger partial charge in [-0.1, -0.05) is 29.3 Å². The second-order valence-corrected chi connectivity index (χ2v) is 10.5. The van der Waals surface area contributed by atoms with Crippen LogP contribution in [0, 0.1) is 18.8 Å². The number of aryl methyl sites for hydroxylation is 1. The van der Waals surface area contributed by atoms with E-state index < -0.39 is 12.8 Å². The van der Waals surface area contributed by atoms with Crippen molar-refractivity contribution in [1.82, 2.24) is 20.0 Å². The van der Waals surface area contributed by atoms with Crippen LogP contribution in [-0.4, -0.2) is 58.2 Å². The minimum Gasteiger partial charge on any atom is -0.460 e. The van der Waals surface area contributed by atoms with E-state index in [0.717, 1.165) is 75.2 Å². The van der Waals surface area contributed by atoms with Crippen molar-refractivity contribution >= 4 is 17.1 Å². The van der Waals surface area contributed by atoms with Crippen LogP contribution in [0.4, 0.5) is 13.2 Å². The van der Waals surface area contributed by atoms with E-state index in [1.165, 1.54) is 11.3 Å². The average Bonchev–Trinajstić information content (AvgIpc) is 3.32. The molecule has 2 aromatic heterocycles. The van der Waals surface area contributed by atoms with Crippen LogP contribution < -0.4 is 4.74 Å². The number of ether oxygens (including phenoxy) is 1. The molecule has 0 unspecified atom stereocenters. The number of hydrogen-bond donors (Lipinski definition) is 0. The molecule has 0 N–H and O–H groups in total. The van der Waals surface area contributed by atoms with Crippen LogP contribution in [0.2, 0.25) is 0 Å². The zero-order valence-electron chi connectivity index (χ0n) is 19.4. The Balaban J connectivity index is 1.13. The minimum atomic E-state index is -4.34. The number of fused-ring (bicyclic) bond motifs is 1. The summed E-state index contributed by atoms with van der Waals surface area (Å²) in [5.41, 5.74) is 0.880. The van der Waals surface area contributed by atoms with Crippen molar-refractivity contribution in [3.05, 3.63) is 22.3 Å². The van der Waals surface area contributed by atoms with Gasteiger partial charge >= 0.3 is 6.18 Å². The molecule has 0 amide bonds. The molecule has 2 aliphatic rings. The van der Waals surface area contributed by atoms with Gasteiger partial charge in [0.05, 0.1) is 12.1 Å². The number of alkyl halides is 3. The van der Waals surface area contributed by atoms with Gasteiger partial charge in [0, 0.05) is 30.8 Å². The molecule has 2 aromatic rings. The van der Waals surface area contributed by atoms with E-state index in [9.17, 15) is 18.0 Å². The average molecular weight is 501 g/mol. The molecule has 3 heterocycles. The molecule has 1 fully saturated rings. The fraction of sp³-hybridized carbons (Fsp3) is 0.739. The van der Waals surface area contributed by atoms with Crippen molar-refractivity contribution in [2.75, 3.05) is 26.2 Å². The third-order valence-corrected chi connectivity index (χ3v) is 7.76. The SMILES string of the molecule is Cc1noc(CC(=O)CC2CCC(CCN3CCc4nc(OCC(F)(F)F)sc4CC3)CC2)n1. The summed E-state index contributed by atoms with van der Waals surface area (Å²) in [6.45, 7) is 3.24. The Morgan fingerprint density at radius 3 is 2.59 bits per heavy atom. The first kappa shape index (κ1) is 25.1. The van der Waals surface area contributed by atoms with Crippen molar-refractivity contribution in [1.29, 1.82) is 0 Å². The van der Waals surface area contributed by atoms with Crippen molar-refractivity contribution in [2.24, 2.45) is 11.8 Å². The van der Waals surface area contributed by atoms with Crippen LogP contribution in [0.1, 0.15) is 60.8 Å². The standard InChI is InChI=1S/C23H31F3N4O3S/c1-15-27-21(33-29-15)13-18(31)12-17-4-2-16(3-5-17)6-9-30-10-7-19-20(8-11-30)34-22(28-19)32-14-23(24,25)26/h16-17H,2-14H2,1H3. The molecule has 188 valence electrons. The van der Waals surface area contributed by atoms with E-state index in [-0.39, 0.29) is 17.4 Å². The molecule has 1 aliphatic carbocycles. The summed E-state index contributed by atoms with van der Waals surface area (Å²) in [4.78, 5) is 24.2. The Hall–Kier alpha value is -2.01. The Morgan fingerprint density at radius 2 is 1.88 bits per heavy atom. The van der Waals surface area contributed by atoms with Gasteiger partial charge in [0.2, 0.25) is 5.89 Å². The van der Waals surface area contributed by atoms with Gasteiger partial charge in [0.15, 0.2) is 12.4 Å². The van der Waals surface area contributed by atoms with Crippen LogP contribution in [0.25, 0.3) is 0 Å². The second-order valence-electron chi connectivity index (χ2n) is 9.43. The summed E-state index contributed by atoms with van der Waals surface area (Å²) in [6, 6.07) is 0. The van der Waals surface area contributed by atoms with Gasteiger partial charge in [0.1, 0.15) is 5.78 Å². The molecule has 7 nitrogen and oxygen atoms in total. The highest BCUT2D eigenvalue weighted by atomic mass is 32.1. The van der Waals surface area contributed by atoms with Crippen LogP contribution in [0.3, 0.4) is 0 Å². The Labute approximate surface area is 201 Å². The molecule has 1 saturated carbocycles. The maximum absolute atomic E-state index is 12.4. The lowest BCUT2D eigenvalue weighted by atomic mass is 9.78. The number of carbonyl (C=O) groups is 1. The smallest absolute Gasteiger partial charge is 0.422 e. The lowest BCUT2D eigenvalue weighted by Crippen LogP contribution is -2.30. The maximum atomic E-state index is 12.4. The fourth-order valence-electron chi connectivity index (χ4n) is 4.88. The van der Waals surface area contributed by atoms with Crippen molar-refractivity contribution in [2.45, 2.75) is 70.9 Å². The van der Waals surface area contributed by atoms with Gasteiger partial charge < -0.3 is 14.2 Å². The second kappa shape index (κ2) is 11.2. The number of thiazole rings is 1. The first-order valence-electron chi connectivity index (χ1n) is 11.9. The molecule has 0 bridgehead atoms. The van der Waals surface area contributed by atoms with Crippen LogP contribution in [0.15, 0.2) is 4.52 Å². The third-order valence-electron chi connectivity index (χ3n) is 6.69. The molecule has 11 heteroatoms. The van der Waals surface area contributed by atoms with Crippen LogP contribution in [-0.2, 0) is 24.1 Å². The highest BCUT2D eigenvalue weighted by Crippen LogP contribution is 2.34. The van der Waals surface area contributed by atoms with E-state index in [2.05, 4.69) is 20.0 Å². The first-order chi connectivity index (χ1) is 16.2. The number of hydrogen-bond acceptors (Lipinski definition) is 8. The number of rotatable bonds is 9. The number of aromatic nitrogens is 3. The van der Waals surface area contributed by atoms with Crippen molar-refractivity contribution < 1.29 is 27.2 Å². The summed E-state index contributed by atoms with van der Waals surface area (Å²) in [5.74, 6) is 2.26. The molecular weight excluding hydrogens is 469 g/mol. The summed E-state index contributed by atoms with van der Waals surface area (Å²) in [6.07, 6.45) is 3.64. The number of Topliss-reactive ketones (excluding diaryl/α,β-unsaturated/α-hetero) is 1. The van der Waals surface area contributed by atoms with Gasteiger partial charge in [-0.15, -0.1) is 0 Å². The van der Waals surface area contributed by atoms with Crippen molar-refractivity contribution in [3.63, 3.8) is 0 Å². The lowest BCUT2D eigenvalue weighted by Gasteiger charge is -2.30. The Kier molecular flexibility index (Phi) is 8.23. The number of halogens is 3. The first-order valence-corrected chi connectivity index (χ1v) is 12.8. The topological polar surface area (TPSA) is 81.4 Å². The van der Waals surface area contributed by atoms with Gasteiger partial charge in [-0.3, -0.25) is 4.79 Å². The highest BCUT2D eigenvalue weighted by Gasteiger charge is 2.30. The normalized spacial score (nSPS) is 21.8. The molecule has 0 atom stereocenters. The van der Waals surface area contributed by atoms with Gasteiger partial charge in [-0.25, -0.2) is 4.98 Å². The van der Waals surface area contributed by atoms with E-state index in [4.69, 9.17) is 9.26 Å². The largest absolute Gasteiger partial charge is 0.460 e. The highest BCUT2D eigenvalue weighted by molar-refractivity contribution is 7.13. The molecular formula is C23H31F3N4O3S. The number of nitrogens with zero attached hydrogens (tertiary/aromatic N) is 4. The summed E-state index contributed by atoms with van der Waals surface area (Å²) < 4.78 is 46.9. The number of carbonyl (C=O) groups excluding carboxylic acids is 1. The van der Waals surface area contributed by atoms with Gasteiger partial charge in [0.25, 0.3) is 5.19 Å². The minimum absolute atomic E-state index is 0.123. The number of ketones is 1. The van der Waals surface area contributed by atoms with Crippen LogP contribution >= 0.6 is 11.3 Å². The molecule has 0 radical (unpaired) electrons. The van der Waals surface area contributed by atoms with E-state index >= 15 is 0 Å². The summed E-state index contributed by atoms with van der Waals surface area (Å²) in [7, 11) is 0. The van der Waals surface area contributed by atoms with Gasteiger partial charge in [-0.2, -0.15) is 18.2 Å². The lowest BCUT2D eigenvalue weighted by molar-refractivity contribution is -0.153. The molecule has 4 rings (SSSR count). The van der Waals surface area contributed by atoms with Gasteiger partial charge in [-0.05, 0) is 51.0 Å². The summed E-state index contributed by atoms with van der Waals surface area (Å²) >= 11 is 1.24. The zero-order valence-corrected chi connectivity index (χ0v) is 20.2. The molecule has 1 aliphatic heterocycles. The fourth-order valence-corrected chi connectivity index (χ4v) is 5.82. The van der Waals surface area contributed by atoms with E-state index in [0.29, 0.717) is 30.0 Å². The molecule has 0 saturated heterocycles. The third kappa shape index (κ3) is 7.49. The Morgan fingerprint density at radius 1 is 1.15 bits per heavy atom. The molecule has 0 spiro atoms. The Bertz CT molecular complexity index is 928. The van der Waals surface area contributed by atoms with Crippen LogP contribution in [0.5, 0.6) is 5.19 Å². The molecule has 34 heavy (non-hydrogen) atoms. The van der Waals surface area contributed by atoms with E-state index in [1.54, 1.807) is 6.92 Å². The van der Waals surface area contributed by atoms with E-state index in [1.807, 2.05) is 0 Å². The summed E-state index contributed by atoms with van der Waals surface area (Å²) in [5, 5.41) is 3.85. The quantitative estimate of drug-likeness (QED) is 0.499. The monoisotopic (exact) mass is 500 g/mol. The van der Waals surface area contributed by atoms with Crippen molar-refractivity contribution in [3.8, 4) is 5.19 Å². The maximum Gasteiger partial charge on any atom is 0.422 e. The predicted molar refractivity (Wildman–Crippen MR) is 120 cm³/mol. The zero-order chi connectivity index (χ0) is 24.1. The predicted octanol–water partition coefficient (Wildman–Crippen LogP) is 4.57. The molecule has 0 aromatic carbocycles.